The summed E-state index contributed by atoms with van der Waals surface area (Å²) in [5, 5.41) is -0.634. The molecule has 164 valence electrons. The van der Waals surface area contributed by atoms with Gasteiger partial charge in [0.25, 0.3) is 0 Å². The number of fused-ring (bicyclic) bond motifs is 1. The molecule has 0 saturated carbocycles. The first kappa shape index (κ1) is 25.6. The second-order valence-electron chi connectivity index (χ2n) is 6.30. The van der Waals surface area contributed by atoms with Crippen LogP contribution in [0.5, 0.6) is 0 Å². The SMILES string of the molecule is CC.CCC(C)c1c([NH2+]CCCCSO)c(F)c(F)c2c(F)c(F)c(F)c(F)c12. The zero-order valence-electron chi connectivity index (χ0n) is 16.8. The summed E-state index contributed by atoms with van der Waals surface area (Å²) in [7, 11) is 0. The third-order valence-corrected chi connectivity index (χ3v) is 5.09. The molecule has 29 heavy (non-hydrogen) atoms. The predicted octanol–water partition coefficient (Wildman–Crippen LogP) is 6.40. The van der Waals surface area contributed by atoms with Crippen molar-refractivity contribution in [2.24, 2.45) is 0 Å². The van der Waals surface area contributed by atoms with Gasteiger partial charge in [-0.25, -0.2) is 22.0 Å². The van der Waals surface area contributed by atoms with Crippen LogP contribution in [0, 0.1) is 34.9 Å². The fraction of sp³-hybridized carbons (Fsp3) is 0.500. The van der Waals surface area contributed by atoms with Crippen molar-refractivity contribution < 1.29 is 36.2 Å². The second kappa shape index (κ2) is 11.7. The third kappa shape index (κ3) is 5.19. The van der Waals surface area contributed by atoms with Crippen molar-refractivity contribution >= 4 is 28.5 Å². The van der Waals surface area contributed by atoms with Crippen LogP contribution in [0.4, 0.5) is 32.0 Å². The van der Waals surface area contributed by atoms with Crippen LogP contribution < -0.4 is 5.32 Å². The van der Waals surface area contributed by atoms with Gasteiger partial charge >= 0.3 is 0 Å². The van der Waals surface area contributed by atoms with Gasteiger partial charge in [-0.3, -0.25) is 0 Å². The minimum absolute atomic E-state index is 0.0850. The molecule has 0 aliphatic rings. The maximum absolute atomic E-state index is 14.7. The lowest BCUT2D eigenvalue weighted by Gasteiger charge is -2.19. The molecule has 0 heterocycles. The molecule has 0 bridgehead atoms. The molecule has 2 aromatic carbocycles. The Morgan fingerprint density at radius 3 is 1.86 bits per heavy atom. The number of rotatable bonds is 8. The first-order chi connectivity index (χ1) is 13.8. The predicted molar refractivity (Wildman–Crippen MR) is 105 cm³/mol. The van der Waals surface area contributed by atoms with Crippen molar-refractivity contribution in [1.29, 1.82) is 0 Å². The molecule has 3 N–H and O–H groups in total. The van der Waals surface area contributed by atoms with Crippen LogP contribution in [0.2, 0.25) is 0 Å². The Bertz CT molecular complexity index is 846. The fourth-order valence-corrected chi connectivity index (χ4v) is 3.38. The summed E-state index contributed by atoms with van der Waals surface area (Å²) in [5.41, 5.74) is -0.353. The summed E-state index contributed by atoms with van der Waals surface area (Å²) in [6.07, 6.45) is 1.51. The van der Waals surface area contributed by atoms with E-state index in [2.05, 4.69) is 0 Å². The Hall–Kier alpha value is -1.45. The Kier molecular flexibility index (Phi) is 10.3. The number of unbranched alkanes of at least 4 members (excludes halogenated alkanes) is 1. The van der Waals surface area contributed by atoms with Gasteiger partial charge in [-0.2, -0.15) is 4.39 Å². The molecular formula is C20H26F6NOS+. The van der Waals surface area contributed by atoms with Gasteiger partial charge in [-0.1, -0.05) is 27.7 Å². The zero-order valence-corrected chi connectivity index (χ0v) is 17.6. The fourth-order valence-electron chi connectivity index (χ4n) is 3.04. The highest BCUT2D eigenvalue weighted by Crippen LogP contribution is 2.40. The molecule has 0 aliphatic heterocycles. The average Bonchev–Trinajstić information content (AvgIpc) is 2.73. The first-order valence-corrected chi connectivity index (χ1v) is 10.5. The third-order valence-electron chi connectivity index (χ3n) is 4.62. The smallest absolute Gasteiger partial charge is 0.220 e. The standard InChI is InChI=1S/C18H19F6NOS.C2H6/c1-3-8(2)9-10-11(13(20)16(23)15(22)12(10)19)14(21)17(24)18(9)25-6-4-5-7-27-26;1-2/h8,25-26H,3-7H2,1-2H3;1-2H3/p+1. The summed E-state index contributed by atoms with van der Waals surface area (Å²) in [4.78, 5) is 0. The molecule has 0 fully saturated rings. The van der Waals surface area contributed by atoms with E-state index in [9.17, 15) is 26.3 Å². The van der Waals surface area contributed by atoms with E-state index in [1.165, 1.54) is 5.32 Å². The van der Waals surface area contributed by atoms with Crippen molar-refractivity contribution in [3.8, 4) is 0 Å². The van der Waals surface area contributed by atoms with E-state index in [4.69, 9.17) is 4.55 Å². The highest BCUT2D eigenvalue weighted by atomic mass is 32.2. The summed E-state index contributed by atoms with van der Waals surface area (Å²) >= 11 is 0.657. The maximum atomic E-state index is 14.7. The maximum Gasteiger partial charge on any atom is 0.220 e. The van der Waals surface area contributed by atoms with Crippen LogP contribution in [0.1, 0.15) is 58.4 Å². The Labute approximate surface area is 170 Å². The number of nitrogens with two attached hydrogens (primary N) is 1. The largest absolute Gasteiger partial charge is 0.330 e. The van der Waals surface area contributed by atoms with E-state index in [1.807, 2.05) is 13.8 Å². The summed E-state index contributed by atoms with van der Waals surface area (Å²) in [6, 6.07) is 0. The minimum atomic E-state index is -2.17. The number of halogens is 6. The quantitative estimate of drug-likeness (QED) is 0.124. The molecule has 0 aliphatic carbocycles. The number of quaternary nitrogens is 1. The van der Waals surface area contributed by atoms with Crippen LogP contribution in [0.15, 0.2) is 0 Å². The Balaban J connectivity index is 0.00000204. The monoisotopic (exact) mass is 442 g/mol. The van der Waals surface area contributed by atoms with E-state index in [0.717, 1.165) is 0 Å². The van der Waals surface area contributed by atoms with Crippen LogP contribution in [-0.4, -0.2) is 16.9 Å². The summed E-state index contributed by atoms with van der Waals surface area (Å²) in [5.74, 6) is -11.2. The van der Waals surface area contributed by atoms with Gasteiger partial charge in [0.2, 0.25) is 5.82 Å². The van der Waals surface area contributed by atoms with Crippen LogP contribution in [0.25, 0.3) is 10.8 Å². The summed E-state index contributed by atoms with van der Waals surface area (Å²) < 4.78 is 93.7. The van der Waals surface area contributed by atoms with Gasteiger partial charge in [-0.15, -0.1) is 0 Å². The highest BCUT2D eigenvalue weighted by molar-refractivity contribution is 7.93. The van der Waals surface area contributed by atoms with E-state index < -0.39 is 51.6 Å². The number of hydrogen-bond acceptors (Lipinski definition) is 2. The molecule has 0 spiro atoms. The van der Waals surface area contributed by atoms with Gasteiger partial charge in [-0.05, 0) is 37.2 Å². The molecule has 1 unspecified atom stereocenters. The lowest BCUT2D eigenvalue weighted by atomic mass is 9.89. The lowest BCUT2D eigenvalue weighted by molar-refractivity contribution is -0.574. The van der Waals surface area contributed by atoms with Crippen molar-refractivity contribution in [2.75, 3.05) is 12.3 Å². The van der Waals surface area contributed by atoms with Gasteiger partial charge in [0, 0.05) is 16.7 Å². The average molecular weight is 442 g/mol. The molecule has 2 rings (SSSR count). The number of benzene rings is 2. The minimum Gasteiger partial charge on any atom is -0.330 e. The number of hydrogen-bond donors (Lipinski definition) is 2. The van der Waals surface area contributed by atoms with Gasteiger partial charge in [0.15, 0.2) is 34.8 Å². The van der Waals surface area contributed by atoms with Crippen LogP contribution in [0.3, 0.4) is 0 Å². The molecule has 0 aromatic heterocycles. The van der Waals surface area contributed by atoms with Crippen molar-refractivity contribution in [3.05, 3.63) is 40.5 Å². The first-order valence-electron chi connectivity index (χ1n) is 9.53. The highest BCUT2D eigenvalue weighted by Gasteiger charge is 2.33. The van der Waals surface area contributed by atoms with Crippen molar-refractivity contribution in [3.63, 3.8) is 0 Å². The van der Waals surface area contributed by atoms with Crippen molar-refractivity contribution in [2.45, 2.75) is 52.9 Å². The normalized spacial score (nSPS) is 12.1. The van der Waals surface area contributed by atoms with E-state index in [1.54, 1.807) is 13.8 Å². The van der Waals surface area contributed by atoms with E-state index >= 15 is 0 Å². The molecule has 9 heteroatoms. The van der Waals surface area contributed by atoms with Crippen LogP contribution >= 0.6 is 12.0 Å². The molecule has 0 amide bonds. The van der Waals surface area contributed by atoms with E-state index in [-0.39, 0.29) is 11.3 Å². The van der Waals surface area contributed by atoms with Crippen LogP contribution in [-0.2, 0) is 0 Å². The lowest BCUT2D eigenvalue weighted by Crippen LogP contribution is -2.79. The van der Waals surface area contributed by atoms with E-state index in [0.29, 0.717) is 43.6 Å². The molecule has 0 saturated heterocycles. The molecule has 0 radical (unpaired) electrons. The molecular weight excluding hydrogens is 416 g/mol. The van der Waals surface area contributed by atoms with Gasteiger partial charge < -0.3 is 9.87 Å². The summed E-state index contributed by atoms with van der Waals surface area (Å²) in [6.45, 7) is 7.58. The molecule has 2 nitrogen and oxygen atoms in total. The van der Waals surface area contributed by atoms with Gasteiger partial charge in [0.1, 0.15) is 0 Å². The zero-order chi connectivity index (χ0) is 22.3. The Morgan fingerprint density at radius 2 is 1.34 bits per heavy atom. The second-order valence-corrected chi connectivity index (χ2v) is 6.97. The molecule has 2 aromatic rings. The Morgan fingerprint density at radius 1 is 0.828 bits per heavy atom. The topological polar surface area (TPSA) is 36.8 Å². The molecule has 1 atom stereocenters. The van der Waals surface area contributed by atoms with Gasteiger partial charge in [0.05, 0.1) is 11.9 Å². The van der Waals surface area contributed by atoms with Crippen molar-refractivity contribution in [1.82, 2.24) is 0 Å².